The highest BCUT2D eigenvalue weighted by Gasteiger charge is 2.20. The Morgan fingerprint density at radius 1 is 0.909 bits per heavy atom. The van der Waals surface area contributed by atoms with E-state index in [1.165, 1.54) is 33.2 Å². The van der Waals surface area contributed by atoms with Crippen LogP contribution in [0.3, 0.4) is 0 Å². The highest BCUT2D eigenvalue weighted by molar-refractivity contribution is 6.12. The normalized spacial score (nSPS) is 11.4. The van der Waals surface area contributed by atoms with Crippen molar-refractivity contribution in [3.05, 3.63) is 65.9 Å². The average Bonchev–Trinajstić information content (AvgIpc) is 2.89. The van der Waals surface area contributed by atoms with Crippen molar-refractivity contribution in [2.24, 2.45) is 7.05 Å². The first-order valence-electron chi connectivity index (χ1n) is 7.52. The predicted octanol–water partition coefficient (Wildman–Crippen LogP) is 4.69. The summed E-state index contributed by atoms with van der Waals surface area (Å²) in [6.45, 7) is 4.30. The largest absolute Gasteiger partial charge is 0.456 e. The molecule has 2 aromatic carbocycles. The number of pyridine rings is 1. The fourth-order valence-corrected chi connectivity index (χ4v) is 3.17. The third-order valence-electron chi connectivity index (χ3n) is 4.31. The van der Waals surface area contributed by atoms with Crippen LogP contribution in [0.15, 0.2) is 59.1 Å². The number of hydrogen-bond acceptors (Lipinski definition) is 1. The maximum atomic E-state index is 6.03. The second-order valence-electron chi connectivity index (χ2n) is 5.93. The van der Waals surface area contributed by atoms with Crippen molar-refractivity contribution in [3.8, 4) is 11.3 Å². The third kappa shape index (κ3) is 1.84. The molecule has 2 aromatic heterocycles. The van der Waals surface area contributed by atoms with Gasteiger partial charge in [0, 0.05) is 22.9 Å². The van der Waals surface area contributed by atoms with E-state index in [4.69, 9.17) is 4.42 Å². The lowest BCUT2D eigenvalue weighted by atomic mass is 9.97. The quantitative estimate of drug-likeness (QED) is 0.464. The minimum absolute atomic E-state index is 0.944. The van der Waals surface area contributed by atoms with Gasteiger partial charge in [-0.05, 0) is 37.1 Å². The van der Waals surface area contributed by atoms with Crippen LogP contribution in [0.4, 0.5) is 0 Å². The highest BCUT2D eigenvalue weighted by atomic mass is 16.3. The smallest absolute Gasteiger partial charge is 0.213 e. The van der Waals surface area contributed by atoms with Crippen LogP contribution in [0.25, 0.3) is 33.2 Å². The van der Waals surface area contributed by atoms with Gasteiger partial charge in [-0.15, -0.1) is 0 Å². The molecule has 4 rings (SSSR count). The summed E-state index contributed by atoms with van der Waals surface area (Å²) in [6, 6.07) is 16.8. The van der Waals surface area contributed by atoms with Gasteiger partial charge in [-0.1, -0.05) is 24.3 Å². The van der Waals surface area contributed by atoms with Gasteiger partial charge in [0.2, 0.25) is 5.69 Å². The first kappa shape index (κ1) is 13.1. The Bertz CT molecular complexity index is 1010. The van der Waals surface area contributed by atoms with Crippen molar-refractivity contribution in [1.29, 1.82) is 0 Å². The van der Waals surface area contributed by atoms with E-state index in [9.17, 15) is 0 Å². The monoisotopic (exact) mass is 288 g/mol. The van der Waals surface area contributed by atoms with E-state index in [2.05, 4.69) is 68.1 Å². The summed E-state index contributed by atoms with van der Waals surface area (Å²) in [5.41, 5.74) is 6.89. The minimum atomic E-state index is 0.944. The number of benzene rings is 2. The van der Waals surface area contributed by atoms with Crippen molar-refractivity contribution in [2.45, 2.75) is 13.8 Å². The molecule has 2 nitrogen and oxygen atoms in total. The van der Waals surface area contributed by atoms with Crippen LogP contribution in [0.1, 0.15) is 11.1 Å². The van der Waals surface area contributed by atoms with Gasteiger partial charge in [0.25, 0.3) is 0 Å². The minimum Gasteiger partial charge on any atom is -0.456 e. The number of para-hydroxylation sites is 1. The molecule has 0 atom stereocenters. The molecule has 0 aliphatic rings. The number of furan rings is 1. The summed E-state index contributed by atoms with van der Waals surface area (Å²) in [6.07, 6.45) is 2.12. The van der Waals surface area contributed by atoms with Crippen LogP contribution in [0.5, 0.6) is 0 Å². The van der Waals surface area contributed by atoms with Gasteiger partial charge in [0.1, 0.15) is 18.2 Å². The van der Waals surface area contributed by atoms with E-state index in [0.29, 0.717) is 0 Å². The van der Waals surface area contributed by atoms with Crippen LogP contribution in [0.2, 0.25) is 0 Å². The second-order valence-corrected chi connectivity index (χ2v) is 5.93. The van der Waals surface area contributed by atoms with Crippen molar-refractivity contribution < 1.29 is 8.98 Å². The first-order chi connectivity index (χ1) is 10.6. The van der Waals surface area contributed by atoms with Crippen LogP contribution < -0.4 is 4.57 Å². The zero-order chi connectivity index (χ0) is 15.3. The number of fused-ring (bicyclic) bond motifs is 3. The van der Waals surface area contributed by atoms with Gasteiger partial charge in [0.15, 0.2) is 6.20 Å². The van der Waals surface area contributed by atoms with Gasteiger partial charge in [-0.25, -0.2) is 4.57 Å². The molecular weight excluding hydrogens is 270 g/mol. The zero-order valence-electron chi connectivity index (χ0n) is 13.1. The molecule has 0 bridgehead atoms. The zero-order valence-corrected chi connectivity index (χ0v) is 13.1. The topological polar surface area (TPSA) is 17.0 Å². The Morgan fingerprint density at radius 3 is 2.59 bits per heavy atom. The fourth-order valence-electron chi connectivity index (χ4n) is 3.17. The summed E-state index contributed by atoms with van der Waals surface area (Å²) in [4.78, 5) is 0. The number of nitrogens with zero attached hydrogens (tertiary/aromatic N) is 1. The van der Waals surface area contributed by atoms with E-state index in [1.807, 2.05) is 12.1 Å². The van der Waals surface area contributed by atoms with Crippen molar-refractivity contribution in [1.82, 2.24) is 0 Å². The lowest BCUT2D eigenvalue weighted by molar-refractivity contribution is -0.660. The number of rotatable bonds is 1. The molecule has 0 spiro atoms. The molecule has 0 saturated heterocycles. The molecule has 4 aromatic rings. The number of hydrogen-bond donors (Lipinski definition) is 0. The summed E-state index contributed by atoms with van der Waals surface area (Å²) >= 11 is 0. The summed E-state index contributed by atoms with van der Waals surface area (Å²) in [5.74, 6) is 0. The summed E-state index contributed by atoms with van der Waals surface area (Å²) in [7, 11) is 2.09. The van der Waals surface area contributed by atoms with E-state index in [0.717, 1.165) is 11.2 Å². The molecule has 108 valence electrons. The Kier molecular flexibility index (Phi) is 2.80. The van der Waals surface area contributed by atoms with Crippen LogP contribution in [-0.2, 0) is 7.05 Å². The van der Waals surface area contributed by atoms with Crippen LogP contribution in [-0.4, -0.2) is 0 Å². The van der Waals surface area contributed by atoms with Gasteiger partial charge in [-0.2, -0.15) is 0 Å². The first-order valence-corrected chi connectivity index (χ1v) is 7.52. The predicted molar refractivity (Wildman–Crippen MR) is 89.8 cm³/mol. The van der Waals surface area contributed by atoms with E-state index in [1.54, 1.807) is 0 Å². The number of aryl methyl sites for hydroxylation is 3. The molecule has 0 saturated carbocycles. The summed E-state index contributed by atoms with van der Waals surface area (Å²) < 4.78 is 8.21. The molecule has 0 aliphatic carbocycles. The molecule has 0 N–H and O–H groups in total. The van der Waals surface area contributed by atoms with E-state index < -0.39 is 0 Å². The Labute approximate surface area is 129 Å². The summed E-state index contributed by atoms with van der Waals surface area (Å²) in [5, 5.41) is 2.38. The number of aromatic nitrogens is 1. The van der Waals surface area contributed by atoms with E-state index >= 15 is 0 Å². The molecule has 2 heteroatoms. The standard InChI is InChI=1S/C20H18NO/c1-13-10-11-21(3)16(12-13)19-14(2)8-9-18-20(19)15-6-4-5-7-17(15)22-18/h4-12H,1-3H3/q+1. The van der Waals surface area contributed by atoms with Crippen molar-refractivity contribution in [3.63, 3.8) is 0 Å². The highest BCUT2D eigenvalue weighted by Crippen LogP contribution is 2.37. The van der Waals surface area contributed by atoms with Crippen molar-refractivity contribution in [2.75, 3.05) is 0 Å². The molecule has 2 heterocycles. The van der Waals surface area contributed by atoms with Crippen LogP contribution >= 0.6 is 0 Å². The van der Waals surface area contributed by atoms with E-state index in [-0.39, 0.29) is 0 Å². The fraction of sp³-hybridized carbons (Fsp3) is 0.150. The molecule has 22 heavy (non-hydrogen) atoms. The van der Waals surface area contributed by atoms with Gasteiger partial charge < -0.3 is 4.42 Å². The van der Waals surface area contributed by atoms with Crippen molar-refractivity contribution >= 4 is 21.9 Å². The molecule has 0 fully saturated rings. The van der Waals surface area contributed by atoms with Gasteiger partial charge in [0.05, 0.1) is 5.56 Å². The lowest BCUT2D eigenvalue weighted by Crippen LogP contribution is -2.30. The average molecular weight is 288 g/mol. The molecule has 0 amide bonds. The molecular formula is C20H18NO+. The maximum Gasteiger partial charge on any atom is 0.213 e. The Hall–Kier alpha value is -2.61. The third-order valence-corrected chi connectivity index (χ3v) is 4.31. The molecule has 0 aliphatic heterocycles. The lowest BCUT2D eigenvalue weighted by Gasteiger charge is -2.07. The Balaban J connectivity index is 2.21. The molecule has 0 radical (unpaired) electrons. The maximum absolute atomic E-state index is 6.03. The SMILES string of the molecule is Cc1cc[n+](C)c(-c2c(C)ccc3oc4ccccc4c23)c1. The second kappa shape index (κ2) is 4.70. The van der Waals surface area contributed by atoms with Gasteiger partial charge in [-0.3, -0.25) is 0 Å². The Morgan fingerprint density at radius 2 is 1.73 bits per heavy atom. The van der Waals surface area contributed by atoms with Crippen LogP contribution in [0, 0.1) is 13.8 Å². The molecule has 0 unspecified atom stereocenters. The van der Waals surface area contributed by atoms with Gasteiger partial charge >= 0.3 is 0 Å².